The quantitative estimate of drug-likeness (QED) is 0.884. The standard InChI is InChI=1S/C15H15BrFNO2/c1-19-14-5-3-4-10(15(14)20-2)9-18-13-8-11(17)6-7-12(13)16/h3-8,18H,9H2,1-2H3. The average molecular weight is 340 g/mol. The second kappa shape index (κ2) is 6.61. The van der Waals surface area contributed by atoms with E-state index in [1.165, 1.54) is 12.1 Å². The summed E-state index contributed by atoms with van der Waals surface area (Å²) in [4.78, 5) is 0. The van der Waals surface area contributed by atoms with Crippen LogP contribution in [0.4, 0.5) is 10.1 Å². The largest absolute Gasteiger partial charge is 0.493 e. The number of halogens is 2. The Labute approximate surface area is 125 Å². The molecule has 3 nitrogen and oxygen atoms in total. The van der Waals surface area contributed by atoms with Gasteiger partial charge in [-0.2, -0.15) is 0 Å². The van der Waals surface area contributed by atoms with Crippen LogP contribution in [0.15, 0.2) is 40.9 Å². The Kier molecular flexibility index (Phi) is 4.84. The fourth-order valence-corrected chi connectivity index (χ4v) is 2.30. The summed E-state index contributed by atoms with van der Waals surface area (Å²) in [5.41, 5.74) is 1.62. The van der Waals surface area contributed by atoms with Crippen LogP contribution in [0.1, 0.15) is 5.56 Å². The summed E-state index contributed by atoms with van der Waals surface area (Å²) >= 11 is 3.38. The van der Waals surface area contributed by atoms with Gasteiger partial charge in [-0.05, 0) is 40.2 Å². The first-order valence-electron chi connectivity index (χ1n) is 6.04. The molecule has 0 radical (unpaired) electrons. The predicted octanol–water partition coefficient (Wildman–Crippen LogP) is 4.22. The number of ether oxygens (including phenoxy) is 2. The second-order valence-corrected chi connectivity index (χ2v) is 4.98. The molecule has 0 unspecified atom stereocenters. The van der Waals surface area contributed by atoms with Crippen molar-refractivity contribution in [3.63, 3.8) is 0 Å². The zero-order chi connectivity index (χ0) is 14.5. The van der Waals surface area contributed by atoms with E-state index in [0.29, 0.717) is 23.7 Å². The molecule has 0 fully saturated rings. The minimum atomic E-state index is -0.284. The zero-order valence-corrected chi connectivity index (χ0v) is 12.8. The number of anilines is 1. The van der Waals surface area contributed by atoms with E-state index in [4.69, 9.17) is 9.47 Å². The third kappa shape index (κ3) is 3.22. The van der Waals surface area contributed by atoms with E-state index in [1.807, 2.05) is 18.2 Å². The van der Waals surface area contributed by atoms with Crippen molar-refractivity contribution in [3.05, 3.63) is 52.3 Å². The molecule has 0 atom stereocenters. The fourth-order valence-electron chi connectivity index (χ4n) is 1.92. The van der Waals surface area contributed by atoms with Gasteiger partial charge in [0, 0.05) is 16.6 Å². The van der Waals surface area contributed by atoms with E-state index in [1.54, 1.807) is 20.3 Å². The Morgan fingerprint density at radius 3 is 2.65 bits per heavy atom. The highest BCUT2D eigenvalue weighted by molar-refractivity contribution is 9.10. The highest BCUT2D eigenvalue weighted by Crippen LogP contribution is 2.32. The van der Waals surface area contributed by atoms with Crippen LogP contribution in [0, 0.1) is 5.82 Å². The Hall–Kier alpha value is -1.75. The summed E-state index contributed by atoms with van der Waals surface area (Å²) in [6, 6.07) is 10.2. The molecular weight excluding hydrogens is 325 g/mol. The molecule has 0 aromatic heterocycles. The Bertz CT molecular complexity index is 604. The number of para-hydroxylation sites is 1. The molecular formula is C15H15BrFNO2. The number of methoxy groups -OCH3 is 2. The number of hydrogen-bond donors (Lipinski definition) is 1. The molecule has 5 heteroatoms. The van der Waals surface area contributed by atoms with Gasteiger partial charge in [-0.15, -0.1) is 0 Å². The van der Waals surface area contributed by atoms with Crippen LogP contribution in [0.3, 0.4) is 0 Å². The maximum absolute atomic E-state index is 13.2. The van der Waals surface area contributed by atoms with Gasteiger partial charge in [0.1, 0.15) is 5.82 Å². The lowest BCUT2D eigenvalue weighted by Crippen LogP contribution is -2.03. The van der Waals surface area contributed by atoms with Gasteiger partial charge in [0.05, 0.1) is 19.9 Å². The second-order valence-electron chi connectivity index (χ2n) is 4.13. The van der Waals surface area contributed by atoms with Crippen molar-refractivity contribution in [1.29, 1.82) is 0 Å². The van der Waals surface area contributed by atoms with E-state index in [2.05, 4.69) is 21.2 Å². The minimum absolute atomic E-state index is 0.284. The van der Waals surface area contributed by atoms with Crippen molar-refractivity contribution in [1.82, 2.24) is 0 Å². The topological polar surface area (TPSA) is 30.5 Å². The summed E-state index contributed by atoms with van der Waals surface area (Å²) in [5, 5.41) is 3.17. The van der Waals surface area contributed by atoms with Crippen LogP contribution >= 0.6 is 15.9 Å². The maximum Gasteiger partial charge on any atom is 0.165 e. The number of rotatable bonds is 5. The van der Waals surface area contributed by atoms with Crippen molar-refractivity contribution in [2.75, 3.05) is 19.5 Å². The van der Waals surface area contributed by atoms with Gasteiger partial charge in [0.15, 0.2) is 11.5 Å². The van der Waals surface area contributed by atoms with Gasteiger partial charge in [-0.1, -0.05) is 12.1 Å². The number of hydrogen-bond acceptors (Lipinski definition) is 3. The minimum Gasteiger partial charge on any atom is -0.493 e. The summed E-state index contributed by atoms with van der Waals surface area (Å²) in [6.45, 7) is 0.502. The van der Waals surface area contributed by atoms with E-state index in [9.17, 15) is 4.39 Å². The van der Waals surface area contributed by atoms with E-state index in [0.717, 1.165) is 10.0 Å². The molecule has 1 N–H and O–H groups in total. The van der Waals surface area contributed by atoms with Gasteiger partial charge in [-0.25, -0.2) is 4.39 Å². The molecule has 0 heterocycles. The third-order valence-corrected chi connectivity index (χ3v) is 3.57. The zero-order valence-electron chi connectivity index (χ0n) is 11.2. The number of benzene rings is 2. The highest BCUT2D eigenvalue weighted by atomic mass is 79.9. The molecule has 0 saturated carbocycles. The molecule has 0 amide bonds. The molecule has 2 rings (SSSR count). The monoisotopic (exact) mass is 339 g/mol. The Morgan fingerprint density at radius 2 is 1.95 bits per heavy atom. The van der Waals surface area contributed by atoms with Crippen molar-refractivity contribution in [3.8, 4) is 11.5 Å². The summed E-state index contributed by atoms with van der Waals surface area (Å²) in [5.74, 6) is 1.06. The van der Waals surface area contributed by atoms with Gasteiger partial charge in [0.2, 0.25) is 0 Å². The summed E-state index contributed by atoms with van der Waals surface area (Å²) in [6.07, 6.45) is 0. The van der Waals surface area contributed by atoms with Crippen LogP contribution in [-0.2, 0) is 6.54 Å². The Balaban J connectivity index is 2.20. The predicted molar refractivity (Wildman–Crippen MR) is 81.0 cm³/mol. The smallest absolute Gasteiger partial charge is 0.165 e. The van der Waals surface area contributed by atoms with Gasteiger partial charge in [-0.3, -0.25) is 0 Å². The van der Waals surface area contributed by atoms with Crippen molar-refractivity contribution in [2.45, 2.75) is 6.54 Å². The molecule has 2 aromatic rings. The molecule has 20 heavy (non-hydrogen) atoms. The fraction of sp³-hybridized carbons (Fsp3) is 0.200. The normalized spacial score (nSPS) is 10.2. The van der Waals surface area contributed by atoms with Gasteiger partial charge in [0.25, 0.3) is 0 Å². The molecule has 0 bridgehead atoms. The molecule has 0 saturated heterocycles. The maximum atomic E-state index is 13.2. The van der Waals surface area contributed by atoms with E-state index in [-0.39, 0.29) is 5.82 Å². The van der Waals surface area contributed by atoms with Gasteiger partial charge >= 0.3 is 0 Å². The van der Waals surface area contributed by atoms with Crippen LogP contribution < -0.4 is 14.8 Å². The molecule has 0 aliphatic rings. The molecule has 0 spiro atoms. The first-order valence-corrected chi connectivity index (χ1v) is 6.83. The van der Waals surface area contributed by atoms with E-state index < -0.39 is 0 Å². The van der Waals surface area contributed by atoms with Crippen molar-refractivity contribution in [2.24, 2.45) is 0 Å². The third-order valence-electron chi connectivity index (χ3n) is 2.88. The lowest BCUT2D eigenvalue weighted by atomic mass is 10.1. The summed E-state index contributed by atoms with van der Waals surface area (Å²) < 4.78 is 24.6. The van der Waals surface area contributed by atoms with Crippen molar-refractivity contribution >= 4 is 21.6 Å². The average Bonchev–Trinajstić information content (AvgIpc) is 2.47. The summed E-state index contributed by atoms with van der Waals surface area (Å²) in [7, 11) is 3.19. The lowest BCUT2D eigenvalue weighted by Gasteiger charge is -2.14. The Morgan fingerprint density at radius 1 is 1.15 bits per heavy atom. The molecule has 2 aromatic carbocycles. The van der Waals surface area contributed by atoms with E-state index >= 15 is 0 Å². The van der Waals surface area contributed by atoms with Crippen molar-refractivity contribution < 1.29 is 13.9 Å². The van der Waals surface area contributed by atoms with Gasteiger partial charge < -0.3 is 14.8 Å². The molecule has 0 aliphatic carbocycles. The van der Waals surface area contributed by atoms with Crippen LogP contribution in [-0.4, -0.2) is 14.2 Å². The first kappa shape index (κ1) is 14.7. The SMILES string of the molecule is COc1cccc(CNc2cc(F)ccc2Br)c1OC. The first-order chi connectivity index (χ1) is 9.65. The van der Waals surface area contributed by atoms with Crippen LogP contribution in [0.2, 0.25) is 0 Å². The lowest BCUT2D eigenvalue weighted by molar-refractivity contribution is 0.352. The molecule has 106 valence electrons. The molecule has 0 aliphatic heterocycles. The highest BCUT2D eigenvalue weighted by Gasteiger charge is 2.10. The van der Waals surface area contributed by atoms with Crippen LogP contribution in [0.5, 0.6) is 11.5 Å². The van der Waals surface area contributed by atoms with Crippen LogP contribution in [0.25, 0.3) is 0 Å². The number of nitrogens with one attached hydrogen (secondary N) is 1.